The summed E-state index contributed by atoms with van der Waals surface area (Å²) in [4.78, 5) is 8.43. The van der Waals surface area contributed by atoms with Gasteiger partial charge in [-0.05, 0) is 31.2 Å². The third-order valence-corrected chi connectivity index (χ3v) is 2.94. The van der Waals surface area contributed by atoms with Crippen molar-refractivity contribution in [3.63, 3.8) is 0 Å². The third kappa shape index (κ3) is 1.65. The fourth-order valence-electron chi connectivity index (χ4n) is 2.00. The summed E-state index contributed by atoms with van der Waals surface area (Å²) in [5.74, 6) is 0. The van der Waals surface area contributed by atoms with Crippen LogP contribution in [0.25, 0.3) is 16.9 Å². The van der Waals surface area contributed by atoms with Crippen molar-refractivity contribution >= 4 is 5.65 Å². The van der Waals surface area contributed by atoms with Gasteiger partial charge in [-0.3, -0.25) is 4.98 Å². The van der Waals surface area contributed by atoms with E-state index in [0.29, 0.717) is 6.54 Å². The minimum absolute atomic E-state index is 0.430. The maximum Gasteiger partial charge on any atom is 0.154 e. The normalized spacial score (nSPS) is 11.0. The lowest BCUT2D eigenvalue weighted by Crippen LogP contribution is -2.05. The van der Waals surface area contributed by atoms with Crippen LogP contribution in [0.3, 0.4) is 0 Å². The molecule has 0 saturated heterocycles. The van der Waals surface area contributed by atoms with Crippen LogP contribution in [0, 0.1) is 6.92 Å². The molecule has 0 unspecified atom stereocenters. The Morgan fingerprint density at radius 1 is 1.17 bits per heavy atom. The van der Waals surface area contributed by atoms with Crippen molar-refractivity contribution in [2.45, 2.75) is 13.5 Å². The Hall–Kier alpha value is -2.27. The third-order valence-electron chi connectivity index (χ3n) is 2.94. The van der Waals surface area contributed by atoms with Crippen molar-refractivity contribution in [3.8, 4) is 11.3 Å². The van der Waals surface area contributed by atoms with Gasteiger partial charge in [-0.1, -0.05) is 0 Å². The number of fused-ring (bicyclic) bond motifs is 1. The van der Waals surface area contributed by atoms with Gasteiger partial charge in [0, 0.05) is 24.5 Å². The average molecular weight is 239 g/mol. The zero-order chi connectivity index (χ0) is 12.5. The smallest absolute Gasteiger partial charge is 0.154 e. The molecule has 0 bridgehead atoms. The number of nitrogens with two attached hydrogens (primary N) is 1. The summed E-state index contributed by atoms with van der Waals surface area (Å²) in [6, 6.07) is 7.77. The summed E-state index contributed by atoms with van der Waals surface area (Å²) < 4.78 is 1.81. The SMILES string of the molecule is Cc1nc2ccc(-c3ccncc3)nn2c1CN. The van der Waals surface area contributed by atoms with E-state index >= 15 is 0 Å². The van der Waals surface area contributed by atoms with Crippen molar-refractivity contribution in [1.29, 1.82) is 0 Å². The van der Waals surface area contributed by atoms with Crippen molar-refractivity contribution in [2.75, 3.05) is 0 Å². The van der Waals surface area contributed by atoms with E-state index in [2.05, 4.69) is 15.1 Å². The molecular formula is C13H13N5. The fraction of sp³-hybridized carbons (Fsp3) is 0.154. The Balaban J connectivity index is 2.22. The van der Waals surface area contributed by atoms with E-state index in [0.717, 1.165) is 28.3 Å². The number of hydrogen-bond acceptors (Lipinski definition) is 4. The number of pyridine rings is 1. The Bertz CT molecular complexity index is 687. The Labute approximate surface area is 104 Å². The first-order valence-electron chi connectivity index (χ1n) is 5.75. The van der Waals surface area contributed by atoms with Gasteiger partial charge in [0.25, 0.3) is 0 Å². The number of hydrogen-bond donors (Lipinski definition) is 1. The van der Waals surface area contributed by atoms with E-state index in [1.807, 2.05) is 35.7 Å². The molecule has 90 valence electrons. The molecule has 5 heteroatoms. The maximum atomic E-state index is 5.74. The lowest BCUT2D eigenvalue weighted by Gasteiger charge is -2.03. The van der Waals surface area contributed by atoms with Gasteiger partial charge in [0.05, 0.1) is 17.1 Å². The molecule has 0 spiro atoms. The summed E-state index contributed by atoms with van der Waals surface area (Å²) in [7, 11) is 0. The molecule has 3 rings (SSSR count). The van der Waals surface area contributed by atoms with Gasteiger partial charge < -0.3 is 5.73 Å². The molecule has 0 aliphatic carbocycles. The molecule has 0 aliphatic heterocycles. The maximum absolute atomic E-state index is 5.74. The Morgan fingerprint density at radius 2 is 1.94 bits per heavy atom. The molecule has 0 aromatic carbocycles. The molecule has 3 aromatic heterocycles. The van der Waals surface area contributed by atoms with E-state index in [9.17, 15) is 0 Å². The van der Waals surface area contributed by atoms with Gasteiger partial charge in [-0.25, -0.2) is 9.50 Å². The second-order valence-corrected chi connectivity index (χ2v) is 4.07. The molecule has 0 saturated carbocycles. The average Bonchev–Trinajstić information content (AvgIpc) is 2.74. The van der Waals surface area contributed by atoms with E-state index in [1.54, 1.807) is 12.4 Å². The van der Waals surface area contributed by atoms with Crippen LogP contribution in [-0.2, 0) is 6.54 Å². The lowest BCUT2D eigenvalue weighted by atomic mass is 10.2. The van der Waals surface area contributed by atoms with Crippen LogP contribution in [0.5, 0.6) is 0 Å². The zero-order valence-electron chi connectivity index (χ0n) is 10.0. The van der Waals surface area contributed by atoms with Crippen LogP contribution in [0.15, 0.2) is 36.7 Å². The largest absolute Gasteiger partial charge is 0.325 e. The second-order valence-electron chi connectivity index (χ2n) is 4.07. The molecule has 0 atom stereocenters. The summed E-state index contributed by atoms with van der Waals surface area (Å²) in [5, 5.41) is 4.58. The van der Waals surface area contributed by atoms with Crippen molar-refractivity contribution in [3.05, 3.63) is 48.0 Å². The molecule has 3 aromatic rings. The van der Waals surface area contributed by atoms with E-state index in [1.165, 1.54) is 0 Å². The molecule has 0 amide bonds. The molecule has 3 heterocycles. The van der Waals surface area contributed by atoms with Crippen molar-refractivity contribution < 1.29 is 0 Å². The highest BCUT2D eigenvalue weighted by atomic mass is 15.3. The van der Waals surface area contributed by atoms with Crippen molar-refractivity contribution in [1.82, 2.24) is 19.6 Å². The topological polar surface area (TPSA) is 69.1 Å². The van der Waals surface area contributed by atoms with Crippen LogP contribution in [0.2, 0.25) is 0 Å². The van der Waals surface area contributed by atoms with Gasteiger partial charge in [-0.15, -0.1) is 0 Å². The Kier molecular flexibility index (Phi) is 2.53. The van der Waals surface area contributed by atoms with Gasteiger partial charge in [0.1, 0.15) is 0 Å². The monoisotopic (exact) mass is 239 g/mol. The first kappa shape index (κ1) is 10.9. The lowest BCUT2D eigenvalue weighted by molar-refractivity contribution is 0.842. The highest BCUT2D eigenvalue weighted by molar-refractivity contribution is 5.59. The molecule has 0 fully saturated rings. The molecule has 5 nitrogen and oxygen atoms in total. The zero-order valence-corrected chi connectivity index (χ0v) is 10.0. The Morgan fingerprint density at radius 3 is 2.67 bits per heavy atom. The first-order chi connectivity index (χ1) is 8.79. The molecule has 18 heavy (non-hydrogen) atoms. The van der Waals surface area contributed by atoms with Gasteiger partial charge >= 0.3 is 0 Å². The van der Waals surface area contributed by atoms with Crippen LogP contribution < -0.4 is 5.73 Å². The summed E-state index contributed by atoms with van der Waals surface area (Å²) in [6.45, 7) is 2.38. The number of aryl methyl sites for hydroxylation is 1. The summed E-state index contributed by atoms with van der Waals surface area (Å²) >= 11 is 0. The highest BCUT2D eigenvalue weighted by Gasteiger charge is 2.09. The number of imidazole rings is 1. The van der Waals surface area contributed by atoms with Crippen LogP contribution in [-0.4, -0.2) is 19.6 Å². The van der Waals surface area contributed by atoms with Crippen LogP contribution in [0.4, 0.5) is 0 Å². The first-order valence-corrected chi connectivity index (χ1v) is 5.75. The predicted molar refractivity (Wildman–Crippen MR) is 68.8 cm³/mol. The van der Waals surface area contributed by atoms with E-state index in [-0.39, 0.29) is 0 Å². The van der Waals surface area contributed by atoms with Gasteiger partial charge in [-0.2, -0.15) is 5.10 Å². The second kappa shape index (κ2) is 4.19. The van der Waals surface area contributed by atoms with Crippen LogP contribution >= 0.6 is 0 Å². The molecule has 0 radical (unpaired) electrons. The number of rotatable bonds is 2. The number of nitrogens with zero attached hydrogens (tertiary/aromatic N) is 4. The van der Waals surface area contributed by atoms with Gasteiger partial charge in [0.15, 0.2) is 5.65 Å². The van der Waals surface area contributed by atoms with Crippen LogP contribution in [0.1, 0.15) is 11.4 Å². The summed E-state index contributed by atoms with van der Waals surface area (Å²) in [5.41, 5.74) is 10.4. The minimum Gasteiger partial charge on any atom is -0.325 e. The van der Waals surface area contributed by atoms with E-state index < -0.39 is 0 Å². The van der Waals surface area contributed by atoms with E-state index in [4.69, 9.17) is 5.73 Å². The van der Waals surface area contributed by atoms with Crippen molar-refractivity contribution in [2.24, 2.45) is 5.73 Å². The molecular weight excluding hydrogens is 226 g/mol. The quantitative estimate of drug-likeness (QED) is 0.736. The molecule has 2 N–H and O–H groups in total. The van der Waals surface area contributed by atoms with Gasteiger partial charge in [0.2, 0.25) is 0 Å². The number of aromatic nitrogens is 4. The summed E-state index contributed by atoms with van der Waals surface area (Å²) in [6.07, 6.45) is 3.51. The molecule has 0 aliphatic rings. The fourth-order valence-corrected chi connectivity index (χ4v) is 2.00. The minimum atomic E-state index is 0.430. The highest BCUT2D eigenvalue weighted by Crippen LogP contribution is 2.17. The standard InChI is InChI=1S/C13H13N5/c1-9-12(8-14)18-13(16-9)3-2-11(17-18)10-4-6-15-7-5-10/h2-7H,8,14H2,1H3. The predicted octanol–water partition coefficient (Wildman–Crippen LogP) is 1.56.